The van der Waals surface area contributed by atoms with Crippen LogP contribution in [0.1, 0.15) is 6.92 Å². The lowest BCUT2D eigenvalue weighted by Gasteiger charge is -1.86. The molecule has 0 aliphatic heterocycles. The largest absolute Gasteiger partial charge is 0.290 e. The molecule has 0 heterocycles. The number of hydrogen-bond donors (Lipinski definition) is 0. The average molecular weight is 159 g/mol. The third-order valence-electron chi connectivity index (χ3n) is 0.870. The lowest BCUT2D eigenvalue weighted by Crippen LogP contribution is -1.92. The van der Waals surface area contributed by atoms with Crippen LogP contribution in [0.25, 0.3) is 0 Å². The van der Waals surface area contributed by atoms with Crippen LogP contribution in [0, 0.1) is 0 Å². The zero-order valence-electron chi connectivity index (χ0n) is 5.56. The Morgan fingerprint density at radius 3 is 2.30 bits per heavy atom. The topological polar surface area (TPSA) is 34.1 Å². The number of carbonyl (C=O) groups excluding carboxylic acids is 2. The molecule has 0 unspecified atom stereocenters. The summed E-state index contributed by atoms with van der Waals surface area (Å²) in [6, 6.07) is 0. The van der Waals surface area contributed by atoms with Gasteiger partial charge in [-0.3, -0.25) is 9.59 Å². The molecule has 0 aliphatic rings. The van der Waals surface area contributed by atoms with Crippen molar-refractivity contribution in [2.75, 3.05) is 0 Å². The van der Waals surface area contributed by atoms with E-state index in [1.807, 2.05) is 0 Å². The smallest absolute Gasteiger partial charge is 0.248 e. The van der Waals surface area contributed by atoms with Gasteiger partial charge in [-0.15, -0.1) is 0 Å². The molecule has 0 rings (SSSR count). The third kappa shape index (κ3) is 3.20. The first-order valence-electron chi connectivity index (χ1n) is 2.62. The number of hydrogen-bond acceptors (Lipinski definition) is 2. The Kier molecular flexibility index (Phi) is 3.65. The van der Waals surface area contributed by atoms with Crippen molar-refractivity contribution in [2.45, 2.75) is 6.92 Å². The molecule has 0 radical (unpaired) electrons. The Balaban J connectivity index is 4.30. The van der Waals surface area contributed by atoms with Gasteiger partial charge in [-0.2, -0.15) is 0 Å². The fraction of sp³-hybridized carbons (Fsp3) is 0.143. The third-order valence-corrected chi connectivity index (χ3v) is 1.17. The van der Waals surface area contributed by atoms with Crippen molar-refractivity contribution in [1.29, 1.82) is 0 Å². The second kappa shape index (κ2) is 4.01. The first kappa shape index (κ1) is 9.11. The van der Waals surface area contributed by atoms with Crippen molar-refractivity contribution >= 4 is 22.6 Å². The van der Waals surface area contributed by atoms with Gasteiger partial charge in [-0.1, -0.05) is 6.58 Å². The second-order valence-corrected chi connectivity index (χ2v) is 2.05. The van der Waals surface area contributed by atoms with Crippen LogP contribution in [0.2, 0.25) is 0 Å². The first-order valence-corrected chi connectivity index (χ1v) is 3.00. The molecule has 0 atom stereocenters. The highest BCUT2D eigenvalue weighted by molar-refractivity contribution is 6.67. The molecule has 0 N–H and O–H groups in total. The van der Waals surface area contributed by atoms with Crippen molar-refractivity contribution in [2.24, 2.45) is 0 Å². The molecular formula is C7H7ClO2. The van der Waals surface area contributed by atoms with Crippen LogP contribution < -0.4 is 0 Å². The lowest BCUT2D eigenvalue weighted by molar-refractivity contribution is -0.111. The Morgan fingerprint density at radius 1 is 1.50 bits per heavy atom. The Labute approximate surface area is 64.2 Å². The van der Waals surface area contributed by atoms with Gasteiger partial charge in [0, 0.05) is 5.57 Å². The van der Waals surface area contributed by atoms with E-state index in [1.165, 1.54) is 6.92 Å². The standard InChI is InChI=1S/C7H7ClO2/c1-3-6(9)4-5(2)7(8)10/h3-4H,1H2,2H3. The van der Waals surface area contributed by atoms with E-state index in [9.17, 15) is 9.59 Å². The molecule has 0 aliphatic carbocycles. The minimum absolute atomic E-state index is 0.228. The van der Waals surface area contributed by atoms with E-state index in [-0.39, 0.29) is 11.4 Å². The van der Waals surface area contributed by atoms with Crippen molar-refractivity contribution in [3.8, 4) is 0 Å². The summed E-state index contributed by atoms with van der Waals surface area (Å²) in [5.74, 6) is -0.313. The number of carbonyl (C=O) groups is 2. The van der Waals surface area contributed by atoms with E-state index in [1.54, 1.807) is 0 Å². The SMILES string of the molecule is C=CC(=O)C=C(C)C(=O)Cl. The summed E-state index contributed by atoms with van der Waals surface area (Å²) < 4.78 is 0. The zero-order valence-corrected chi connectivity index (χ0v) is 6.31. The molecular weight excluding hydrogens is 152 g/mol. The number of allylic oxidation sites excluding steroid dienone is 3. The molecule has 3 heteroatoms. The van der Waals surface area contributed by atoms with E-state index < -0.39 is 5.24 Å². The molecule has 0 amide bonds. The maximum Gasteiger partial charge on any atom is 0.248 e. The highest BCUT2D eigenvalue weighted by Gasteiger charge is 1.99. The zero-order chi connectivity index (χ0) is 8.15. The number of ketones is 1. The average Bonchev–Trinajstić information content (AvgIpc) is 1.87. The molecule has 0 saturated carbocycles. The number of rotatable bonds is 3. The van der Waals surface area contributed by atoms with Crippen LogP contribution in [0.5, 0.6) is 0 Å². The highest BCUT2D eigenvalue weighted by atomic mass is 35.5. The number of halogens is 1. The van der Waals surface area contributed by atoms with Crippen LogP contribution in [0.4, 0.5) is 0 Å². The molecule has 54 valence electrons. The fourth-order valence-corrected chi connectivity index (χ4v) is 0.384. The summed E-state index contributed by atoms with van der Waals surface area (Å²) in [6.07, 6.45) is 2.26. The van der Waals surface area contributed by atoms with Crippen LogP contribution in [-0.4, -0.2) is 11.0 Å². The molecule has 0 spiro atoms. The van der Waals surface area contributed by atoms with Crippen molar-refractivity contribution in [3.05, 3.63) is 24.3 Å². The van der Waals surface area contributed by atoms with E-state index in [2.05, 4.69) is 6.58 Å². The lowest BCUT2D eigenvalue weighted by atomic mass is 10.2. The van der Waals surface area contributed by atoms with Gasteiger partial charge in [-0.25, -0.2) is 0 Å². The summed E-state index contributed by atoms with van der Waals surface area (Å²) in [4.78, 5) is 20.8. The second-order valence-electron chi connectivity index (χ2n) is 1.71. The Hall–Kier alpha value is -0.890. The first-order chi connectivity index (χ1) is 4.57. The van der Waals surface area contributed by atoms with Crippen molar-refractivity contribution in [3.63, 3.8) is 0 Å². The van der Waals surface area contributed by atoms with Crippen LogP contribution in [0.15, 0.2) is 24.3 Å². The highest BCUT2D eigenvalue weighted by Crippen LogP contribution is 1.98. The van der Waals surface area contributed by atoms with Gasteiger partial charge < -0.3 is 0 Å². The van der Waals surface area contributed by atoms with Gasteiger partial charge in [-0.05, 0) is 30.7 Å². The molecule has 10 heavy (non-hydrogen) atoms. The molecule has 0 aromatic carbocycles. The Morgan fingerprint density at radius 2 is 2.00 bits per heavy atom. The monoisotopic (exact) mass is 158 g/mol. The van der Waals surface area contributed by atoms with Crippen molar-refractivity contribution in [1.82, 2.24) is 0 Å². The van der Waals surface area contributed by atoms with E-state index in [4.69, 9.17) is 11.6 Å². The van der Waals surface area contributed by atoms with Crippen LogP contribution in [-0.2, 0) is 9.59 Å². The molecule has 0 fully saturated rings. The Bertz CT molecular complexity index is 204. The molecule has 0 aromatic heterocycles. The summed E-state index contributed by atoms with van der Waals surface area (Å²) in [7, 11) is 0. The van der Waals surface area contributed by atoms with Gasteiger partial charge in [0.15, 0.2) is 5.78 Å². The van der Waals surface area contributed by atoms with Crippen molar-refractivity contribution < 1.29 is 9.59 Å². The van der Waals surface area contributed by atoms with Gasteiger partial charge in [0.05, 0.1) is 0 Å². The summed E-state index contributed by atoms with van der Waals surface area (Å²) >= 11 is 5.04. The normalized spacial score (nSPS) is 10.8. The molecule has 0 aromatic rings. The maximum absolute atomic E-state index is 10.5. The molecule has 0 bridgehead atoms. The summed E-state index contributed by atoms with van der Waals surface area (Å²) in [5, 5.41) is -0.616. The molecule has 0 saturated heterocycles. The van der Waals surface area contributed by atoms with E-state index in [0.29, 0.717) is 0 Å². The van der Waals surface area contributed by atoms with Gasteiger partial charge in [0.1, 0.15) is 0 Å². The quantitative estimate of drug-likeness (QED) is 0.460. The van der Waals surface area contributed by atoms with E-state index >= 15 is 0 Å². The maximum atomic E-state index is 10.5. The molecule has 2 nitrogen and oxygen atoms in total. The van der Waals surface area contributed by atoms with Crippen LogP contribution in [0.3, 0.4) is 0 Å². The minimum Gasteiger partial charge on any atom is -0.290 e. The minimum atomic E-state index is -0.616. The predicted octanol–water partition coefficient (Wildman–Crippen LogP) is 1.45. The van der Waals surface area contributed by atoms with E-state index in [0.717, 1.165) is 12.2 Å². The van der Waals surface area contributed by atoms with Gasteiger partial charge in [0.25, 0.3) is 0 Å². The fourth-order valence-electron chi connectivity index (χ4n) is 0.329. The summed E-state index contributed by atoms with van der Waals surface area (Å²) in [6.45, 7) is 4.69. The van der Waals surface area contributed by atoms with Gasteiger partial charge in [0.2, 0.25) is 5.24 Å². The van der Waals surface area contributed by atoms with Gasteiger partial charge >= 0.3 is 0 Å². The summed E-state index contributed by atoms with van der Waals surface area (Å²) in [5.41, 5.74) is 0.228. The van der Waals surface area contributed by atoms with Crippen LogP contribution >= 0.6 is 11.6 Å². The predicted molar refractivity (Wildman–Crippen MR) is 39.8 cm³/mol.